The van der Waals surface area contributed by atoms with Gasteiger partial charge in [-0.25, -0.2) is 4.79 Å². The number of hydrogen-bond acceptors (Lipinski definition) is 4. The molecule has 1 aromatic rings. The molecule has 1 rings (SSSR count). The van der Waals surface area contributed by atoms with Crippen molar-refractivity contribution >= 4 is 11.9 Å². The number of rotatable bonds is 10. The Balaban J connectivity index is 2.56. The molecule has 0 atom stereocenters. The number of benzene rings is 1. The average Bonchev–Trinajstić information content (AvgIpc) is 2.55. The lowest BCUT2D eigenvalue weighted by molar-refractivity contribution is -0.926. The predicted molar refractivity (Wildman–Crippen MR) is 94.0 cm³/mol. The van der Waals surface area contributed by atoms with E-state index in [4.69, 9.17) is 9.47 Å². The molecule has 5 nitrogen and oxygen atoms in total. The van der Waals surface area contributed by atoms with Gasteiger partial charge in [-0.2, -0.15) is 0 Å². The number of hydrogen-bond donors (Lipinski definition) is 0. The highest BCUT2D eigenvalue weighted by atomic mass is 16.5. The second-order valence-electron chi connectivity index (χ2n) is 6.08. The van der Waals surface area contributed by atoms with Crippen molar-refractivity contribution in [2.24, 2.45) is 0 Å². The van der Waals surface area contributed by atoms with Gasteiger partial charge in [-0.1, -0.05) is 13.8 Å². The first-order valence-corrected chi connectivity index (χ1v) is 8.77. The smallest absolute Gasteiger partial charge is 0.338 e. The Labute approximate surface area is 145 Å². The molecular weight excluding hydrogens is 306 g/mol. The second-order valence-corrected chi connectivity index (χ2v) is 6.08. The number of carbonyl (C=O) groups is 2. The normalized spacial score (nSPS) is 11.2. The molecule has 0 aromatic heterocycles. The van der Waals surface area contributed by atoms with E-state index in [0.717, 1.165) is 43.5 Å². The Kier molecular flexibility index (Phi) is 8.47. The molecule has 0 bridgehead atoms. The van der Waals surface area contributed by atoms with Crippen LogP contribution in [-0.2, 0) is 9.53 Å². The zero-order chi connectivity index (χ0) is 18.0. The predicted octanol–water partition coefficient (Wildman–Crippen LogP) is 3.43. The highest BCUT2D eigenvalue weighted by Gasteiger charge is 2.23. The molecule has 5 heteroatoms. The van der Waals surface area contributed by atoms with E-state index in [0.29, 0.717) is 17.9 Å². The topological polar surface area (TPSA) is 52.6 Å². The summed E-state index contributed by atoms with van der Waals surface area (Å²) in [5.74, 6) is -0.302. The van der Waals surface area contributed by atoms with Gasteiger partial charge in [-0.15, -0.1) is 0 Å². The Bertz CT molecular complexity index is 519. The van der Waals surface area contributed by atoms with E-state index in [-0.39, 0.29) is 11.9 Å². The van der Waals surface area contributed by atoms with E-state index < -0.39 is 0 Å². The summed E-state index contributed by atoms with van der Waals surface area (Å²) in [6.07, 6.45) is 2.25. The lowest BCUT2D eigenvalue weighted by Crippen LogP contribution is -2.51. The van der Waals surface area contributed by atoms with Crippen molar-refractivity contribution in [1.82, 2.24) is 0 Å². The number of ether oxygens (including phenoxy) is 2. The summed E-state index contributed by atoms with van der Waals surface area (Å²) in [7, 11) is 0. The maximum Gasteiger partial charge on any atom is 0.338 e. The summed E-state index contributed by atoms with van der Waals surface area (Å²) in [6.45, 7) is 12.4. The molecule has 0 aliphatic rings. The molecule has 0 fully saturated rings. The molecular formula is C19H30NO4+. The summed E-state index contributed by atoms with van der Waals surface area (Å²) in [5, 5.41) is 0. The van der Waals surface area contributed by atoms with Gasteiger partial charge in [0.05, 0.1) is 25.2 Å². The van der Waals surface area contributed by atoms with Crippen molar-refractivity contribution < 1.29 is 23.5 Å². The molecule has 0 saturated heterocycles. The Morgan fingerprint density at radius 3 is 2.00 bits per heavy atom. The molecule has 0 radical (unpaired) electrons. The van der Waals surface area contributed by atoms with Crippen LogP contribution in [0.1, 0.15) is 50.9 Å². The Morgan fingerprint density at radius 1 is 0.958 bits per heavy atom. The summed E-state index contributed by atoms with van der Waals surface area (Å²) in [6, 6.07) is 6.42. The lowest BCUT2D eigenvalue weighted by Gasteiger charge is -2.37. The number of quaternary nitrogens is 1. The minimum Gasteiger partial charge on any atom is -0.456 e. The van der Waals surface area contributed by atoms with Gasteiger partial charge >= 0.3 is 11.9 Å². The first-order chi connectivity index (χ1) is 11.5. The van der Waals surface area contributed by atoms with Crippen molar-refractivity contribution in [3.63, 3.8) is 0 Å². The Hall–Kier alpha value is -1.88. The summed E-state index contributed by atoms with van der Waals surface area (Å²) < 4.78 is 11.4. The largest absolute Gasteiger partial charge is 0.456 e. The van der Waals surface area contributed by atoms with Gasteiger partial charge in [-0.05, 0) is 44.0 Å². The van der Waals surface area contributed by atoms with E-state index in [9.17, 15) is 9.59 Å². The number of carbonyl (C=O) groups excluding carboxylic acids is 2. The summed E-state index contributed by atoms with van der Waals surface area (Å²) >= 11 is 0. The van der Waals surface area contributed by atoms with Crippen molar-refractivity contribution in [2.45, 2.75) is 40.5 Å². The molecule has 0 spiro atoms. The third-order valence-corrected chi connectivity index (χ3v) is 4.22. The summed E-state index contributed by atoms with van der Waals surface area (Å²) in [4.78, 5) is 23.0. The molecule has 0 aliphatic heterocycles. The fourth-order valence-electron chi connectivity index (χ4n) is 3.00. The molecule has 0 aliphatic carbocycles. The number of esters is 2. The number of likely N-dealkylation sites (N-methyl/N-ethyl adjacent to an activating group) is 1. The third kappa shape index (κ3) is 6.32. The van der Waals surface area contributed by atoms with Crippen LogP contribution < -0.4 is 4.74 Å². The molecule has 0 amide bonds. The van der Waals surface area contributed by atoms with Gasteiger partial charge in [0, 0.05) is 6.92 Å². The quantitative estimate of drug-likeness (QED) is 0.373. The van der Waals surface area contributed by atoms with E-state index in [1.807, 2.05) is 0 Å². The maximum atomic E-state index is 12.1. The van der Waals surface area contributed by atoms with Crippen molar-refractivity contribution in [2.75, 3.05) is 32.8 Å². The molecule has 0 saturated carbocycles. The third-order valence-electron chi connectivity index (χ3n) is 4.22. The van der Waals surface area contributed by atoms with Crippen LogP contribution in [0, 0.1) is 0 Å². The van der Waals surface area contributed by atoms with E-state index >= 15 is 0 Å². The zero-order valence-corrected chi connectivity index (χ0v) is 15.3. The van der Waals surface area contributed by atoms with E-state index in [2.05, 4.69) is 20.8 Å². The first kappa shape index (κ1) is 20.2. The van der Waals surface area contributed by atoms with Crippen LogP contribution in [0.5, 0.6) is 5.75 Å². The van der Waals surface area contributed by atoms with Crippen LogP contribution in [-0.4, -0.2) is 49.2 Å². The van der Waals surface area contributed by atoms with Gasteiger partial charge < -0.3 is 14.0 Å². The van der Waals surface area contributed by atoms with E-state index in [1.165, 1.54) is 6.92 Å². The minimum atomic E-state index is -0.383. The average molecular weight is 336 g/mol. The van der Waals surface area contributed by atoms with E-state index in [1.54, 1.807) is 24.3 Å². The lowest BCUT2D eigenvalue weighted by atomic mass is 10.2. The minimum absolute atomic E-state index is 0.341. The Morgan fingerprint density at radius 2 is 1.54 bits per heavy atom. The zero-order valence-electron chi connectivity index (χ0n) is 15.3. The van der Waals surface area contributed by atoms with Crippen LogP contribution in [0.2, 0.25) is 0 Å². The van der Waals surface area contributed by atoms with Crippen LogP contribution in [0.3, 0.4) is 0 Å². The SMILES string of the molecule is CCC[N+](CC)(CCC)CCOC(=O)c1ccc(OC(C)=O)cc1. The van der Waals surface area contributed by atoms with Gasteiger partial charge in [0.25, 0.3) is 0 Å². The van der Waals surface area contributed by atoms with Crippen LogP contribution >= 0.6 is 0 Å². The van der Waals surface area contributed by atoms with Crippen molar-refractivity contribution in [1.29, 1.82) is 0 Å². The van der Waals surface area contributed by atoms with Crippen molar-refractivity contribution in [3.05, 3.63) is 29.8 Å². The van der Waals surface area contributed by atoms with Crippen LogP contribution in [0.4, 0.5) is 0 Å². The summed E-state index contributed by atoms with van der Waals surface area (Å²) in [5.41, 5.74) is 0.464. The highest BCUT2D eigenvalue weighted by Crippen LogP contribution is 2.14. The molecule has 134 valence electrons. The second kappa shape index (κ2) is 10.1. The first-order valence-electron chi connectivity index (χ1n) is 8.77. The monoisotopic (exact) mass is 336 g/mol. The van der Waals surface area contributed by atoms with Crippen LogP contribution in [0.25, 0.3) is 0 Å². The van der Waals surface area contributed by atoms with Gasteiger partial charge in [0.2, 0.25) is 0 Å². The van der Waals surface area contributed by atoms with Crippen LogP contribution in [0.15, 0.2) is 24.3 Å². The standard InChI is InChI=1S/C19H30NO4/c1-5-12-20(7-3,13-6-2)14-15-23-19(22)17-8-10-18(11-9-17)24-16(4)21/h8-11H,5-7,12-15H2,1-4H3/q+1. The fourth-order valence-corrected chi connectivity index (χ4v) is 3.00. The van der Waals surface area contributed by atoms with Gasteiger partial charge in [-0.3, -0.25) is 4.79 Å². The van der Waals surface area contributed by atoms with Gasteiger partial charge in [0.1, 0.15) is 18.9 Å². The van der Waals surface area contributed by atoms with Crippen molar-refractivity contribution in [3.8, 4) is 5.75 Å². The molecule has 24 heavy (non-hydrogen) atoms. The number of nitrogens with zero attached hydrogens (tertiary/aromatic N) is 1. The van der Waals surface area contributed by atoms with Gasteiger partial charge in [0.15, 0.2) is 0 Å². The highest BCUT2D eigenvalue weighted by molar-refractivity contribution is 5.89. The molecule has 0 unspecified atom stereocenters. The molecule has 1 aromatic carbocycles. The maximum absolute atomic E-state index is 12.1. The molecule has 0 heterocycles. The fraction of sp³-hybridized carbons (Fsp3) is 0.579. The molecule has 0 N–H and O–H groups in total.